The molecule has 1 aromatic heterocycles. The molecule has 1 saturated carbocycles. The molecule has 1 amide bonds. The molecule has 2 saturated heterocycles. The minimum atomic E-state index is -4.24. The maximum atomic E-state index is 13.3. The number of nitrogens with zero attached hydrogens (tertiary/aromatic N) is 3. The zero-order chi connectivity index (χ0) is 27.3. The number of nitrogens with one attached hydrogen (secondary N) is 1. The van der Waals surface area contributed by atoms with Gasteiger partial charge in [-0.05, 0) is 55.9 Å². The molecule has 3 fully saturated rings. The van der Waals surface area contributed by atoms with Gasteiger partial charge in [0.1, 0.15) is 11.6 Å². The molecule has 5 rings (SSSR count). The maximum absolute atomic E-state index is 13.3. The number of sulfonamides is 1. The second-order valence-electron chi connectivity index (χ2n) is 11.8. The first kappa shape index (κ1) is 27.0. The van der Waals surface area contributed by atoms with E-state index in [1.165, 1.54) is 6.07 Å². The average Bonchev–Trinajstić information content (AvgIpc) is 3.54. The molecule has 11 heteroatoms. The highest BCUT2D eigenvalue weighted by atomic mass is 35.5. The topological polar surface area (TPSA) is 112 Å². The molecular formula is C27H35ClN4O5S. The normalized spacial score (nSPS) is 24.2. The van der Waals surface area contributed by atoms with Crippen molar-refractivity contribution in [1.29, 1.82) is 0 Å². The Bertz CT molecular complexity index is 1330. The van der Waals surface area contributed by atoms with Gasteiger partial charge in [0.2, 0.25) is 0 Å². The molecule has 2 aliphatic heterocycles. The van der Waals surface area contributed by atoms with Crippen LogP contribution in [0.4, 0.5) is 11.5 Å². The van der Waals surface area contributed by atoms with Crippen LogP contribution in [0.15, 0.2) is 41.4 Å². The van der Waals surface area contributed by atoms with Crippen LogP contribution in [0.5, 0.6) is 5.75 Å². The Morgan fingerprint density at radius 1 is 1.03 bits per heavy atom. The fraction of sp³-hybridized carbons (Fsp3) is 0.556. The van der Waals surface area contributed by atoms with Crippen LogP contribution < -0.4 is 19.3 Å². The lowest BCUT2D eigenvalue weighted by molar-refractivity contribution is -0.127. The van der Waals surface area contributed by atoms with Crippen molar-refractivity contribution in [1.82, 2.24) is 9.71 Å². The van der Waals surface area contributed by atoms with Crippen molar-refractivity contribution in [3.05, 3.63) is 41.4 Å². The van der Waals surface area contributed by atoms with Crippen LogP contribution in [0.1, 0.15) is 52.9 Å². The molecule has 1 atom stereocenters. The van der Waals surface area contributed by atoms with E-state index in [4.69, 9.17) is 16.3 Å². The first-order valence-electron chi connectivity index (χ1n) is 13.0. The first-order chi connectivity index (χ1) is 17.8. The van der Waals surface area contributed by atoms with Gasteiger partial charge < -0.3 is 19.6 Å². The molecule has 0 spiro atoms. The predicted octanol–water partition coefficient (Wildman–Crippen LogP) is 3.74. The number of carbonyl (C=O) groups excluding carboxylic acids is 1. The molecular weight excluding hydrogens is 528 g/mol. The number of aliphatic hydroxyl groups is 1. The smallest absolute Gasteiger partial charge is 0.281 e. The van der Waals surface area contributed by atoms with E-state index >= 15 is 0 Å². The van der Waals surface area contributed by atoms with Gasteiger partial charge in [0, 0.05) is 50.1 Å². The van der Waals surface area contributed by atoms with Crippen LogP contribution in [0, 0.1) is 5.41 Å². The van der Waals surface area contributed by atoms with Gasteiger partial charge in [-0.1, -0.05) is 31.5 Å². The van der Waals surface area contributed by atoms with Crippen LogP contribution in [-0.2, 0) is 14.8 Å². The summed E-state index contributed by atoms with van der Waals surface area (Å²) in [5, 5.41) is 10.5. The van der Waals surface area contributed by atoms with Crippen molar-refractivity contribution in [2.24, 2.45) is 5.41 Å². The van der Waals surface area contributed by atoms with Crippen LogP contribution in [0.2, 0.25) is 5.02 Å². The fourth-order valence-electron chi connectivity index (χ4n) is 5.02. The van der Waals surface area contributed by atoms with E-state index in [0.29, 0.717) is 48.9 Å². The highest BCUT2D eigenvalue weighted by Gasteiger charge is 2.54. The third kappa shape index (κ3) is 5.72. The highest BCUT2D eigenvalue weighted by molar-refractivity contribution is 7.90. The number of piperidine rings is 1. The van der Waals surface area contributed by atoms with Gasteiger partial charge in [-0.25, -0.2) is 9.71 Å². The summed E-state index contributed by atoms with van der Waals surface area (Å²) in [5.41, 5.74) is -1.02. The summed E-state index contributed by atoms with van der Waals surface area (Å²) >= 11 is 6.28. The van der Waals surface area contributed by atoms with Crippen molar-refractivity contribution >= 4 is 39.0 Å². The number of benzene rings is 1. The van der Waals surface area contributed by atoms with E-state index in [-0.39, 0.29) is 10.4 Å². The summed E-state index contributed by atoms with van der Waals surface area (Å²) in [6, 6.07) is 10.00. The van der Waals surface area contributed by atoms with Crippen molar-refractivity contribution < 1.29 is 23.1 Å². The monoisotopic (exact) mass is 562 g/mol. The Morgan fingerprint density at radius 3 is 2.34 bits per heavy atom. The second kappa shape index (κ2) is 9.57. The summed E-state index contributed by atoms with van der Waals surface area (Å²) in [6.45, 7) is 8.87. The molecule has 3 heterocycles. The number of pyridine rings is 1. The third-order valence-corrected chi connectivity index (χ3v) is 9.26. The quantitative estimate of drug-likeness (QED) is 0.525. The summed E-state index contributed by atoms with van der Waals surface area (Å²) < 4.78 is 34.7. The van der Waals surface area contributed by atoms with E-state index in [0.717, 1.165) is 31.6 Å². The standard InChI is InChI=1S/C27H35ClN4O5S/c1-25(2)11-14-31(15-12-25)20-8-7-19(28)17-21(20)37-27(9-10-27)24(33)30-38(35,36)23-6-4-5-22(29-23)32-16-13-26(3,34)18-32/h4-8,17,34H,9-16,18H2,1-3H3,(H,30,33)/t26-/m0/s1. The second-order valence-corrected chi connectivity index (χ2v) is 13.9. The summed E-state index contributed by atoms with van der Waals surface area (Å²) in [6.07, 6.45) is 3.40. The zero-order valence-electron chi connectivity index (χ0n) is 22.0. The van der Waals surface area contributed by atoms with Crippen molar-refractivity contribution in [2.45, 2.75) is 69.1 Å². The van der Waals surface area contributed by atoms with Crippen molar-refractivity contribution in [3.63, 3.8) is 0 Å². The predicted molar refractivity (Wildman–Crippen MR) is 146 cm³/mol. The number of amides is 1. The lowest BCUT2D eigenvalue weighted by Gasteiger charge is -2.39. The lowest BCUT2D eigenvalue weighted by atomic mass is 9.82. The van der Waals surface area contributed by atoms with E-state index in [1.807, 2.05) is 11.0 Å². The number of halogens is 1. The van der Waals surface area contributed by atoms with E-state index < -0.39 is 27.1 Å². The average molecular weight is 563 g/mol. The lowest BCUT2D eigenvalue weighted by Crippen LogP contribution is -2.44. The number of carbonyl (C=O) groups is 1. The van der Waals surface area contributed by atoms with Crippen LogP contribution in [0.3, 0.4) is 0 Å². The van der Waals surface area contributed by atoms with Gasteiger partial charge in [-0.3, -0.25) is 4.79 Å². The number of hydrogen-bond acceptors (Lipinski definition) is 8. The SMILES string of the molecule is CC1(C)CCN(c2ccc(Cl)cc2OC2(C(=O)NS(=O)(=O)c3cccc(N4CC[C@](C)(O)C4)n3)CC2)CC1. The molecule has 0 bridgehead atoms. The third-order valence-electron chi connectivity index (χ3n) is 7.79. The Balaban J connectivity index is 1.32. The van der Waals surface area contributed by atoms with E-state index in [1.54, 1.807) is 31.2 Å². The Hall–Kier alpha value is -2.56. The fourth-order valence-corrected chi connectivity index (χ4v) is 6.19. The molecule has 0 unspecified atom stereocenters. The number of β-amino-alcohol motifs (C(OH)–C–C–N with tert-alkyl or cyclic N) is 1. The molecule has 206 valence electrons. The molecule has 1 aromatic carbocycles. The van der Waals surface area contributed by atoms with Gasteiger partial charge in [-0.2, -0.15) is 8.42 Å². The largest absolute Gasteiger partial charge is 0.475 e. The number of hydrogen-bond donors (Lipinski definition) is 2. The summed E-state index contributed by atoms with van der Waals surface area (Å²) in [5.74, 6) is 0.187. The number of ether oxygens (including phenoxy) is 1. The van der Waals surface area contributed by atoms with E-state index in [2.05, 4.69) is 28.5 Å². The molecule has 2 N–H and O–H groups in total. The number of anilines is 2. The molecule has 2 aromatic rings. The van der Waals surface area contributed by atoms with Crippen LogP contribution in [-0.4, -0.2) is 61.8 Å². The van der Waals surface area contributed by atoms with Gasteiger partial charge >= 0.3 is 0 Å². The van der Waals surface area contributed by atoms with E-state index in [9.17, 15) is 18.3 Å². The summed E-state index contributed by atoms with van der Waals surface area (Å²) in [7, 11) is -4.24. The minimum absolute atomic E-state index is 0.259. The number of aromatic nitrogens is 1. The Morgan fingerprint density at radius 2 is 1.71 bits per heavy atom. The van der Waals surface area contributed by atoms with Gasteiger partial charge in [0.25, 0.3) is 15.9 Å². The van der Waals surface area contributed by atoms with Crippen LogP contribution >= 0.6 is 11.6 Å². The van der Waals surface area contributed by atoms with Crippen molar-refractivity contribution in [2.75, 3.05) is 36.0 Å². The Labute approximate surface area is 229 Å². The zero-order valence-corrected chi connectivity index (χ0v) is 23.6. The van der Waals surface area contributed by atoms with Gasteiger partial charge in [0.05, 0.1) is 11.3 Å². The molecule has 38 heavy (non-hydrogen) atoms. The van der Waals surface area contributed by atoms with Gasteiger partial charge in [-0.15, -0.1) is 0 Å². The maximum Gasteiger partial charge on any atom is 0.281 e. The van der Waals surface area contributed by atoms with Gasteiger partial charge in [0.15, 0.2) is 10.6 Å². The van der Waals surface area contributed by atoms with Crippen LogP contribution in [0.25, 0.3) is 0 Å². The Kier molecular flexibility index (Phi) is 6.81. The highest BCUT2D eigenvalue weighted by Crippen LogP contribution is 2.45. The molecule has 3 aliphatic rings. The molecule has 1 aliphatic carbocycles. The van der Waals surface area contributed by atoms with Crippen molar-refractivity contribution in [3.8, 4) is 5.75 Å². The minimum Gasteiger partial charge on any atom is -0.475 e. The summed E-state index contributed by atoms with van der Waals surface area (Å²) in [4.78, 5) is 21.6. The molecule has 0 radical (unpaired) electrons. The first-order valence-corrected chi connectivity index (χ1v) is 14.9. The molecule has 9 nitrogen and oxygen atoms in total. The number of rotatable bonds is 7.